The summed E-state index contributed by atoms with van der Waals surface area (Å²) in [4.78, 5) is 43.7. The van der Waals surface area contributed by atoms with Gasteiger partial charge in [-0.05, 0) is 68.2 Å². The van der Waals surface area contributed by atoms with Gasteiger partial charge in [0.2, 0.25) is 5.78 Å². The number of thioether (sulfide) groups is 1. The third kappa shape index (κ3) is 7.45. The van der Waals surface area contributed by atoms with E-state index in [0.29, 0.717) is 17.7 Å². The quantitative estimate of drug-likeness (QED) is 0.0824. The van der Waals surface area contributed by atoms with Crippen LogP contribution in [0.25, 0.3) is 0 Å². The number of ketones is 2. The lowest BCUT2D eigenvalue weighted by Gasteiger charge is -2.15. The van der Waals surface area contributed by atoms with Gasteiger partial charge in [0, 0.05) is 52.8 Å². The highest BCUT2D eigenvalue weighted by atomic mass is 32.2. The fourth-order valence-corrected chi connectivity index (χ4v) is 5.54. The molecule has 202 valence electrons. The zero-order valence-electron chi connectivity index (χ0n) is 22.6. The van der Waals surface area contributed by atoms with Gasteiger partial charge in [-0.2, -0.15) is 0 Å². The second kappa shape index (κ2) is 13.4. The maximum atomic E-state index is 13.5. The second-order valence-corrected chi connectivity index (χ2v) is 10.9. The fourth-order valence-electron chi connectivity index (χ4n) is 4.68. The average molecular weight is 543 g/mol. The highest BCUT2D eigenvalue weighted by Gasteiger charge is 2.30. The number of fused-ring (bicyclic) bond motifs is 1. The van der Waals surface area contributed by atoms with E-state index in [4.69, 9.17) is 4.84 Å². The number of hydrogen-bond acceptors (Lipinski definition) is 7. The van der Waals surface area contributed by atoms with Crippen LogP contribution in [-0.4, -0.2) is 35.0 Å². The molecule has 1 N–H and O–H groups in total. The van der Waals surface area contributed by atoms with Crippen LogP contribution < -0.4 is 5.32 Å². The van der Waals surface area contributed by atoms with E-state index in [0.717, 1.165) is 41.0 Å². The second-order valence-electron chi connectivity index (χ2n) is 9.71. The molecule has 0 aromatic heterocycles. The minimum Gasteiger partial charge on any atom is -0.381 e. The third-order valence-corrected chi connectivity index (χ3v) is 7.81. The Morgan fingerprint density at radius 1 is 1.13 bits per heavy atom. The Balaban J connectivity index is 1.53. The molecule has 0 amide bonds. The van der Waals surface area contributed by atoms with Crippen LogP contribution in [0.4, 0.5) is 5.69 Å². The van der Waals surface area contributed by atoms with Crippen LogP contribution in [0.5, 0.6) is 0 Å². The minimum absolute atomic E-state index is 0.0108. The van der Waals surface area contributed by atoms with Gasteiger partial charge in [0.25, 0.3) is 0 Å². The maximum Gasteiger partial charge on any atom is 0.331 e. The van der Waals surface area contributed by atoms with Crippen LogP contribution in [0.3, 0.4) is 0 Å². The predicted molar refractivity (Wildman–Crippen MR) is 158 cm³/mol. The van der Waals surface area contributed by atoms with Gasteiger partial charge in [-0.1, -0.05) is 54.1 Å². The number of allylic oxidation sites excluding steroid dienone is 5. The Kier molecular flexibility index (Phi) is 9.71. The van der Waals surface area contributed by atoms with Crippen molar-refractivity contribution in [2.24, 2.45) is 5.16 Å². The van der Waals surface area contributed by atoms with Gasteiger partial charge < -0.3 is 10.2 Å². The molecule has 39 heavy (non-hydrogen) atoms. The Bertz CT molecular complexity index is 1350. The van der Waals surface area contributed by atoms with Crippen molar-refractivity contribution in [2.75, 3.05) is 11.1 Å². The van der Waals surface area contributed by atoms with Crippen molar-refractivity contribution >= 4 is 40.7 Å². The van der Waals surface area contributed by atoms with Gasteiger partial charge in [0.1, 0.15) is 5.71 Å². The lowest BCUT2D eigenvalue weighted by molar-refractivity contribution is -0.140. The molecule has 0 saturated carbocycles. The van der Waals surface area contributed by atoms with Crippen molar-refractivity contribution in [1.29, 1.82) is 0 Å². The summed E-state index contributed by atoms with van der Waals surface area (Å²) in [6.07, 6.45) is 12.5. The lowest BCUT2D eigenvalue weighted by atomic mass is 9.90. The topological polar surface area (TPSA) is 84.8 Å². The molecule has 1 aliphatic carbocycles. The molecule has 0 spiro atoms. The number of hydrogen-bond donors (Lipinski definition) is 1. The van der Waals surface area contributed by atoms with Crippen molar-refractivity contribution in [3.63, 3.8) is 0 Å². The molecule has 2 atom stereocenters. The van der Waals surface area contributed by atoms with Crippen molar-refractivity contribution in [3.8, 4) is 0 Å². The number of nitrogens with zero attached hydrogens (tertiary/aromatic N) is 1. The molecule has 4 rings (SSSR count). The van der Waals surface area contributed by atoms with Crippen molar-refractivity contribution in [1.82, 2.24) is 0 Å². The summed E-state index contributed by atoms with van der Waals surface area (Å²) in [5.41, 5.74) is 4.48. The molecule has 0 radical (unpaired) electrons. The molecule has 6 nitrogen and oxygen atoms in total. The van der Waals surface area contributed by atoms with E-state index in [-0.39, 0.29) is 29.2 Å². The Hall–Kier alpha value is -3.71. The van der Waals surface area contributed by atoms with Crippen LogP contribution >= 0.6 is 11.8 Å². The molecule has 2 unspecified atom stereocenters. The Morgan fingerprint density at radius 2 is 1.92 bits per heavy atom. The van der Waals surface area contributed by atoms with Gasteiger partial charge >= 0.3 is 5.97 Å². The highest BCUT2D eigenvalue weighted by molar-refractivity contribution is 7.99. The van der Waals surface area contributed by atoms with E-state index >= 15 is 0 Å². The molecule has 1 heterocycles. The first-order valence-corrected chi connectivity index (χ1v) is 14.3. The van der Waals surface area contributed by atoms with Crippen LogP contribution in [0.15, 0.2) is 88.5 Å². The van der Waals surface area contributed by atoms with E-state index < -0.39 is 5.97 Å². The lowest BCUT2D eigenvalue weighted by Crippen LogP contribution is -2.18. The van der Waals surface area contributed by atoms with Crippen molar-refractivity contribution in [2.45, 2.75) is 63.3 Å². The highest BCUT2D eigenvalue weighted by Crippen LogP contribution is 2.39. The smallest absolute Gasteiger partial charge is 0.331 e. The number of benzene rings is 2. The standard InChI is InChI=1S/C32H34N2O4S/c1-4-28-26(15-17-31(36)23-8-6-5-7-9-23)27-20-24(12-16-29(27)33-28)32(37)30(34-38-22(3)35)18-19-39-25-13-10-21(2)11-14-25/h6,8-17,20,26,28,33H,4-5,7,18-19H2,1-3H3/b17-15+,34-30+. The summed E-state index contributed by atoms with van der Waals surface area (Å²) in [6, 6.07) is 13.8. The van der Waals surface area contributed by atoms with Crippen LogP contribution in [-0.2, 0) is 14.4 Å². The molecule has 0 saturated heterocycles. The molecule has 1 aliphatic heterocycles. The third-order valence-electron chi connectivity index (χ3n) is 6.80. The normalized spacial score (nSPS) is 18.4. The van der Waals surface area contributed by atoms with Gasteiger partial charge in [-0.25, -0.2) is 4.79 Å². The van der Waals surface area contributed by atoms with Crippen LogP contribution in [0.2, 0.25) is 0 Å². The molecule has 2 aromatic carbocycles. The van der Waals surface area contributed by atoms with E-state index in [1.165, 1.54) is 12.5 Å². The molecule has 2 aliphatic rings. The number of rotatable bonds is 11. The first-order valence-electron chi connectivity index (χ1n) is 13.3. The monoisotopic (exact) mass is 542 g/mol. The largest absolute Gasteiger partial charge is 0.381 e. The van der Waals surface area contributed by atoms with E-state index in [1.54, 1.807) is 23.9 Å². The van der Waals surface area contributed by atoms with Crippen molar-refractivity contribution < 1.29 is 19.2 Å². The SMILES string of the molecule is CCC1Nc2ccc(C(=O)/C(CCSc3ccc(C)cc3)=N/OC(C)=O)cc2C1/C=C/C(=O)C1=CCCC=C1. The molecule has 0 fully saturated rings. The number of nitrogens with one attached hydrogen (secondary N) is 1. The Labute approximate surface area is 234 Å². The summed E-state index contributed by atoms with van der Waals surface area (Å²) in [5, 5.41) is 7.44. The summed E-state index contributed by atoms with van der Waals surface area (Å²) in [6.45, 7) is 5.39. The summed E-state index contributed by atoms with van der Waals surface area (Å²) < 4.78 is 0. The van der Waals surface area contributed by atoms with Gasteiger partial charge in [0.05, 0.1) is 0 Å². The number of Topliss-reactive ketones (excluding diaryl/α,β-unsaturated/α-hetero) is 1. The van der Waals surface area contributed by atoms with Gasteiger partial charge in [0.15, 0.2) is 5.78 Å². The molecule has 7 heteroatoms. The molecular weight excluding hydrogens is 508 g/mol. The molecule has 0 bridgehead atoms. The number of aryl methyl sites for hydroxylation is 1. The molecular formula is C32H34N2O4S. The number of anilines is 1. The summed E-state index contributed by atoms with van der Waals surface area (Å²) in [5.74, 6) is -0.311. The van der Waals surface area contributed by atoms with E-state index in [1.807, 2.05) is 67.6 Å². The average Bonchev–Trinajstić information content (AvgIpc) is 3.31. The van der Waals surface area contributed by atoms with Crippen LogP contribution in [0.1, 0.15) is 66.9 Å². The summed E-state index contributed by atoms with van der Waals surface area (Å²) in [7, 11) is 0. The summed E-state index contributed by atoms with van der Waals surface area (Å²) >= 11 is 1.62. The maximum absolute atomic E-state index is 13.5. The van der Waals surface area contributed by atoms with Gasteiger partial charge in [-0.3, -0.25) is 9.59 Å². The van der Waals surface area contributed by atoms with E-state index in [2.05, 4.69) is 17.4 Å². The zero-order chi connectivity index (χ0) is 27.8. The van der Waals surface area contributed by atoms with Crippen LogP contribution in [0, 0.1) is 6.92 Å². The number of oxime groups is 1. The van der Waals surface area contributed by atoms with Crippen molar-refractivity contribution in [3.05, 3.63) is 95.1 Å². The van der Waals surface area contributed by atoms with E-state index in [9.17, 15) is 14.4 Å². The first-order chi connectivity index (χ1) is 18.9. The Morgan fingerprint density at radius 3 is 2.62 bits per heavy atom. The molecule has 2 aromatic rings. The van der Waals surface area contributed by atoms with Gasteiger partial charge in [-0.15, -0.1) is 11.8 Å². The number of carbonyl (C=O) groups is 3. The minimum atomic E-state index is -0.576. The zero-order valence-corrected chi connectivity index (χ0v) is 23.4. The fraction of sp³-hybridized carbons (Fsp3) is 0.312. The number of carbonyl (C=O) groups excluding carboxylic acids is 3. The predicted octanol–water partition coefficient (Wildman–Crippen LogP) is 6.97. The first kappa shape index (κ1) is 28.3.